The van der Waals surface area contributed by atoms with Gasteiger partial charge in [0.25, 0.3) is 5.91 Å². The number of nitrogens with one attached hydrogen (secondary N) is 2. The van der Waals surface area contributed by atoms with E-state index in [2.05, 4.69) is 65.2 Å². The number of urea groups is 1. The predicted molar refractivity (Wildman–Crippen MR) is 282 cm³/mol. The van der Waals surface area contributed by atoms with Crippen molar-refractivity contribution in [2.75, 3.05) is 60.5 Å². The third-order valence-corrected chi connectivity index (χ3v) is 13.4. The third-order valence-electron chi connectivity index (χ3n) is 12.5. The highest BCUT2D eigenvalue weighted by Crippen LogP contribution is 2.42. The van der Waals surface area contributed by atoms with Crippen LogP contribution in [0.4, 0.5) is 4.79 Å². The highest BCUT2D eigenvalue weighted by atomic mass is 32.1. The molecular weight excluding hydrogens is 935 g/mol. The van der Waals surface area contributed by atoms with Gasteiger partial charge in [-0.1, -0.05) is 33.8 Å². The molecule has 3 aliphatic rings. The summed E-state index contributed by atoms with van der Waals surface area (Å²) in [6.07, 6.45) is 3.31. The molecule has 2 saturated heterocycles. The van der Waals surface area contributed by atoms with Crippen molar-refractivity contribution in [2.45, 2.75) is 98.0 Å². The maximum Gasteiger partial charge on any atom is 0.324 e. The van der Waals surface area contributed by atoms with Crippen molar-refractivity contribution in [2.24, 2.45) is 11.3 Å². The van der Waals surface area contributed by atoms with Crippen LogP contribution < -0.4 is 10.7 Å². The molecule has 7 rings (SSSR count). The fourth-order valence-corrected chi connectivity index (χ4v) is 9.94. The monoisotopic (exact) mass is 1010 g/mol. The van der Waals surface area contributed by atoms with Crippen LogP contribution in [0.15, 0.2) is 41.9 Å². The Labute approximate surface area is 421 Å². The van der Waals surface area contributed by atoms with E-state index in [-0.39, 0.29) is 91.0 Å². The van der Waals surface area contributed by atoms with Gasteiger partial charge in [-0.2, -0.15) is 54.0 Å². The maximum absolute atomic E-state index is 14.6. The first-order valence-corrected chi connectivity index (χ1v) is 22.8. The van der Waals surface area contributed by atoms with Gasteiger partial charge in [-0.05, 0) is 75.9 Å². The highest BCUT2D eigenvalue weighted by molar-refractivity contribution is 7.59. The summed E-state index contributed by atoms with van der Waals surface area (Å²) in [5.74, 6) is -1.50. The number of fused-ring (bicyclic) bond motifs is 6. The SMILES string of the molecule is CCn1c(-c2cccnc2[C@H](C)OC)c2c3cc(ccc31)-c1csc(n1)C[C@H](NC(=O)[C@H](C(C)C)N(C)C(=O)N1CCN(C)CC1)C(=O)N1CCC[C@H](N1)C(=O)OCC(C)(C)C2.S.S.S.S. The number of amides is 4. The molecule has 0 aliphatic carbocycles. The third kappa shape index (κ3) is 12.2. The lowest BCUT2D eigenvalue weighted by molar-refractivity contribution is -0.155. The minimum absolute atomic E-state index is 0. The number of benzene rings is 1. The molecule has 0 unspecified atom stereocenters. The number of methoxy groups -OCH3 is 1. The first-order chi connectivity index (χ1) is 29.6. The summed E-state index contributed by atoms with van der Waals surface area (Å²) in [4.78, 5) is 71.8. The molecule has 66 heavy (non-hydrogen) atoms. The van der Waals surface area contributed by atoms with Crippen LogP contribution in [0.3, 0.4) is 0 Å². The molecule has 20 heteroatoms. The number of esters is 1. The van der Waals surface area contributed by atoms with Crippen LogP contribution in [0.5, 0.6) is 0 Å². The van der Waals surface area contributed by atoms with E-state index in [1.54, 1.807) is 25.3 Å². The van der Waals surface area contributed by atoms with Gasteiger partial charge in [-0.15, -0.1) is 11.3 Å². The van der Waals surface area contributed by atoms with Gasteiger partial charge in [-0.25, -0.2) is 15.2 Å². The molecule has 6 heterocycles. The van der Waals surface area contributed by atoms with E-state index in [1.807, 2.05) is 39.3 Å². The second-order valence-electron chi connectivity index (χ2n) is 18.1. The Morgan fingerprint density at radius 3 is 2.44 bits per heavy atom. The molecule has 1 aromatic carbocycles. The topological polar surface area (TPSA) is 154 Å². The normalized spacial score (nSPS) is 19.8. The van der Waals surface area contributed by atoms with Crippen LogP contribution in [0.25, 0.3) is 33.4 Å². The molecule has 2 fully saturated rings. The number of likely N-dealkylation sites (N-methyl/N-ethyl adjacent to an activating group) is 2. The number of pyridine rings is 1. The number of carbonyl (C=O) groups is 4. The number of hydrogen-bond donors (Lipinski definition) is 2. The second kappa shape index (κ2) is 24.2. The molecule has 3 aliphatic heterocycles. The van der Waals surface area contributed by atoms with Gasteiger partial charge in [0.1, 0.15) is 18.1 Å². The van der Waals surface area contributed by atoms with Crippen LogP contribution in [-0.4, -0.2) is 137 Å². The molecule has 2 N–H and O–H groups in total. The lowest BCUT2D eigenvalue weighted by Crippen LogP contribution is -2.62. The first-order valence-electron chi connectivity index (χ1n) is 21.9. The van der Waals surface area contributed by atoms with Crippen molar-refractivity contribution < 1.29 is 28.7 Å². The van der Waals surface area contributed by atoms with Crippen LogP contribution in [-0.2, 0) is 43.2 Å². The molecule has 0 spiro atoms. The maximum atomic E-state index is 14.6. The predicted octanol–water partition coefficient (Wildman–Crippen LogP) is 5.98. The number of thiazole rings is 1. The summed E-state index contributed by atoms with van der Waals surface area (Å²) < 4.78 is 14.2. The summed E-state index contributed by atoms with van der Waals surface area (Å²) >= 11 is 1.43. The van der Waals surface area contributed by atoms with Crippen molar-refractivity contribution in [3.8, 4) is 22.5 Å². The molecule has 366 valence electrons. The van der Waals surface area contributed by atoms with Crippen molar-refractivity contribution >= 4 is 100 Å². The van der Waals surface area contributed by atoms with Gasteiger partial charge in [0.05, 0.1) is 34.8 Å². The summed E-state index contributed by atoms with van der Waals surface area (Å²) in [5, 5.41) is 8.22. The number of rotatable bonds is 8. The van der Waals surface area contributed by atoms with Crippen molar-refractivity contribution in [1.29, 1.82) is 0 Å². The van der Waals surface area contributed by atoms with E-state index < -0.39 is 35.4 Å². The molecule has 4 atom stereocenters. The van der Waals surface area contributed by atoms with Crippen molar-refractivity contribution in [3.05, 3.63) is 58.2 Å². The van der Waals surface area contributed by atoms with E-state index in [4.69, 9.17) is 19.4 Å². The summed E-state index contributed by atoms with van der Waals surface area (Å²) in [7, 11) is 5.37. The van der Waals surface area contributed by atoms with Crippen LogP contribution in [0, 0.1) is 11.3 Å². The highest BCUT2D eigenvalue weighted by Gasteiger charge is 2.39. The average Bonchev–Trinajstić information content (AvgIpc) is 3.85. The standard InChI is InChI=1S/C46H63N9O6S.4H2S/c1-10-54-37-16-15-30-23-32(37)33(41(54)31-13-11-17-47-39(31)29(4)60-9)25-46(5,6)27-61-44(58)34-14-12-18-55(50-34)43(57)35(24-38-48-36(30)26-62-38)49-42(56)40(28(2)3)52(8)45(59)53-21-19-51(7)20-22-53;;;;/h11,13,15-17,23,26,28-29,34-35,40,50H,10,12,14,18-22,24-25,27H2,1-9H3,(H,49,56);4*1H2/t29-,34-,35-,40-;;;;/m0..../s1. The van der Waals surface area contributed by atoms with Gasteiger partial charge in [0.15, 0.2) is 0 Å². The fraction of sp³-hybridized carbons (Fsp3) is 0.565. The molecule has 15 nitrogen and oxygen atoms in total. The molecule has 3 aromatic heterocycles. The van der Waals surface area contributed by atoms with Gasteiger partial charge < -0.3 is 34.1 Å². The van der Waals surface area contributed by atoms with Gasteiger partial charge in [0.2, 0.25) is 5.91 Å². The zero-order valence-electron chi connectivity index (χ0n) is 39.7. The number of nitrogens with zero attached hydrogens (tertiary/aromatic N) is 7. The van der Waals surface area contributed by atoms with Gasteiger partial charge in [0, 0.05) is 98.9 Å². The zero-order chi connectivity index (χ0) is 44.5. The largest absolute Gasteiger partial charge is 0.464 e. The average molecular weight is 1010 g/mol. The van der Waals surface area contributed by atoms with E-state index >= 15 is 0 Å². The molecule has 4 aromatic rings. The summed E-state index contributed by atoms with van der Waals surface area (Å²) in [6.45, 7) is 16.0. The number of hydrogen-bond acceptors (Lipinski definition) is 11. The zero-order valence-corrected chi connectivity index (χ0v) is 44.5. The van der Waals surface area contributed by atoms with E-state index in [9.17, 15) is 19.2 Å². The minimum Gasteiger partial charge on any atom is -0.464 e. The smallest absolute Gasteiger partial charge is 0.324 e. The second-order valence-corrected chi connectivity index (χ2v) is 19.1. The van der Waals surface area contributed by atoms with E-state index in [0.29, 0.717) is 50.4 Å². The van der Waals surface area contributed by atoms with Crippen molar-refractivity contribution in [3.63, 3.8) is 0 Å². The lowest BCUT2D eigenvalue weighted by Gasteiger charge is -2.39. The van der Waals surface area contributed by atoms with Gasteiger partial charge in [-0.3, -0.25) is 24.4 Å². The molecule has 4 amide bonds. The number of ether oxygens (including phenoxy) is 2. The quantitative estimate of drug-likeness (QED) is 0.202. The number of hydrazine groups is 1. The van der Waals surface area contributed by atoms with E-state index in [1.165, 1.54) is 21.2 Å². The Bertz CT molecular complexity index is 2300. The lowest BCUT2D eigenvalue weighted by atomic mass is 9.84. The number of carbonyl (C=O) groups excluding carboxylic acids is 4. The molecular formula is C46H71N9O6S5. The van der Waals surface area contributed by atoms with Crippen LogP contribution >= 0.6 is 65.3 Å². The Hall–Kier alpha value is -3.50. The Morgan fingerprint density at radius 1 is 1.06 bits per heavy atom. The first kappa shape index (κ1) is 56.8. The Kier molecular flexibility index (Phi) is 20.8. The number of piperazine rings is 1. The Morgan fingerprint density at radius 2 is 1.77 bits per heavy atom. The van der Waals surface area contributed by atoms with Crippen molar-refractivity contribution in [1.82, 2.24) is 45.0 Å². The summed E-state index contributed by atoms with van der Waals surface area (Å²) in [6, 6.07) is 7.62. The molecule has 0 radical (unpaired) electrons. The summed E-state index contributed by atoms with van der Waals surface area (Å²) in [5.41, 5.74) is 9.40. The van der Waals surface area contributed by atoms with Crippen LogP contribution in [0.2, 0.25) is 0 Å². The van der Waals surface area contributed by atoms with E-state index in [0.717, 1.165) is 57.8 Å². The molecule has 0 saturated carbocycles. The number of aromatic nitrogens is 3. The number of aryl methyl sites for hydroxylation is 1. The van der Waals surface area contributed by atoms with Crippen LogP contribution in [0.1, 0.15) is 76.8 Å². The Balaban J connectivity index is 0.00000289. The number of cyclic esters (lactones) is 1. The van der Waals surface area contributed by atoms with Gasteiger partial charge >= 0.3 is 12.0 Å². The molecule has 6 bridgehead atoms. The fourth-order valence-electron chi connectivity index (χ4n) is 9.09. The minimum atomic E-state index is -1.03.